The number of nitrogens with two attached hydrogens (primary N) is 1. The van der Waals surface area contributed by atoms with E-state index in [1.54, 1.807) is 6.07 Å². The number of halogens is 1. The number of nitrogen functional groups attached to an aromatic ring is 1. The highest BCUT2D eigenvalue weighted by Crippen LogP contribution is 2.37. The first-order chi connectivity index (χ1) is 8.74. The van der Waals surface area contributed by atoms with Crippen LogP contribution in [0, 0.1) is 5.82 Å². The van der Waals surface area contributed by atoms with Crippen molar-refractivity contribution in [2.24, 2.45) is 0 Å². The number of hydrogen-bond acceptors (Lipinski definition) is 1. The second kappa shape index (κ2) is 4.45. The Morgan fingerprint density at radius 3 is 2.28 bits per heavy atom. The summed E-state index contributed by atoms with van der Waals surface area (Å²) in [5, 5.41) is 0. The molecule has 1 aliphatic rings. The van der Waals surface area contributed by atoms with Crippen LogP contribution in [0.3, 0.4) is 0 Å². The lowest BCUT2D eigenvalue weighted by molar-refractivity contribution is 0.420. The molecule has 0 radical (unpaired) electrons. The third-order valence-corrected chi connectivity index (χ3v) is 3.81. The van der Waals surface area contributed by atoms with E-state index >= 15 is 0 Å². The Balaban J connectivity index is 1.91. The molecular formula is C16H16FN. The van der Waals surface area contributed by atoms with Crippen molar-refractivity contribution in [3.05, 3.63) is 53.8 Å². The van der Waals surface area contributed by atoms with Gasteiger partial charge in [-0.15, -0.1) is 0 Å². The van der Waals surface area contributed by atoms with Crippen molar-refractivity contribution in [3.8, 4) is 11.1 Å². The molecule has 1 nitrogen and oxygen atoms in total. The molecule has 2 aromatic rings. The van der Waals surface area contributed by atoms with Gasteiger partial charge >= 0.3 is 0 Å². The van der Waals surface area contributed by atoms with Crippen LogP contribution in [0.5, 0.6) is 0 Å². The minimum absolute atomic E-state index is 0.290. The SMILES string of the molecule is Nc1cc(F)ccc1-c1ccc(C2CCC2)cc1. The average Bonchev–Trinajstić information content (AvgIpc) is 2.28. The predicted octanol–water partition coefficient (Wildman–Crippen LogP) is 4.34. The summed E-state index contributed by atoms with van der Waals surface area (Å²) < 4.78 is 13.0. The summed E-state index contributed by atoms with van der Waals surface area (Å²) in [6.07, 6.45) is 3.95. The molecule has 0 aromatic heterocycles. The maximum atomic E-state index is 13.0. The molecule has 2 N–H and O–H groups in total. The van der Waals surface area contributed by atoms with Gasteiger partial charge in [0.1, 0.15) is 5.82 Å². The Morgan fingerprint density at radius 2 is 1.72 bits per heavy atom. The van der Waals surface area contributed by atoms with Crippen molar-refractivity contribution in [2.75, 3.05) is 5.73 Å². The van der Waals surface area contributed by atoms with Crippen LogP contribution in [0.25, 0.3) is 11.1 Å². The zero-order valence-corrected chi connectivity index (χ0v) is 10.2. The van der Waals surface area contributed by atoms with Crippen molar-refractivity contribution in [2.45, 2.75) is 25.2 Å². The van der Waals surface area contributed by atoms with Gasteiger partial charge in [-0.1, -0.05) is 30.7 Å². The van der Waals surface area contributed by atoms with Crippen LogP contribution < -0.4 is 5.73 Å². The molecule has 0 spiro atoms. The molecule has 2 heteroatoms. The summed E-state index contributed by atoms with van der Waals surface area (Å²) in [6, 6.07) is 13.1. The lowest BCUT2D eigenvalue weighted by Gasteiger charge is -2.25. The van der Waals surface area contributed by atoms with Crippen LogP contribution >= 0.6 is 0 Å². The standard InChI is InChI=1S/C16H16FN/c17-14-8-9-15(16(18)10-14)13-6-4-12(5-7-13)11-2-1-3-11/h4-11H,1-3,18H2. The van der Waals surface area contributed by atoms with Gasteiger partial charge in [-0.25, -0.2) is 4.39 Å². The van der Waals surface area contributed by atoms with E-state index in [2.05, 4.69) is 24.3 Å². The Morgan fingerprint density at radius 1 is 1.00 bits per heavy atom. The molecular weight excluding hydrogens is 225 g/mol. The molecule has 0 bridgehead atoms. The molecule has 0 saturated heterocycles. The first-order valence-corrected chi connectivity index (χ1v) is 6.39. The molecule has 3 rings (SSSR count). The summed E-state index contributed by atoms with van der Waals surface area (Å²) in [7, 11) is 0. The Bertz CT molecular complexity index is 556. The molecule has 18 heavy (non-hydrogen) atoms. The van der Waals surface area contributed by atoms with Crippen LogP contribution in [0.15, 0.2) is 42.5 Å². The highest BCUT2D eigenvalue weighted by atomic mass is 19.1. The van der Waals surface area contributed by atoms with Gasteiger partial charge in [0.25, 0.3) is 0 Å². The molecule has 0 amide bonds. The van der Waals surface area contributed by atoms with Gasteiger partial charge in [-0.3, -0.25) is 0 Å². The highest BCUT2D eigenvalue weighted by molar-refractivity contribution is 5.76. The van der Waals surface area contributed by atoms with Crippen LogP contribution in [-0.4, -0.2) is 0 Å². The number of benzene rings is 2. The van der Waals surface area contributed by atoms with E-state index in [-0.39, 0.29) is 5.82 Å². The first-order valence-electron chi connectivity index (χ1n) is 6.39. The van der Waals surface area contributed by atoms with Gasteiger partial charge in [-0.2, -0.15) is 0 Å². The summed E-state index contributed by atoms with van der Waals surface area (Å²) >= 11 is 0. The van der Waals surface area contributed by atoms with Crippen LogP contribution in [0.4, 0.5) is 10.1 Å². The molecule has 1 saturated carbocycles. The van der Waals surface area contributed by atoms with Gasteiger partial charge in [0.05, 0.1) is 0 Å². The lowest BCUT2D eigenvalue weighted by Crippen LogP contribution is -2.08. The lowest BCUT2D eigenvalue weighted by atomic mass is 9.80. The molecule has 0 atom stereocenters. The van der Waals surface area contributed by atoms with Crippen molar-refractivity contribution >= 4 is 5.69 Å². The van der Waals surface area contributed by atoms with Gasteiger partial charge in [0.15, 0.2) is 0 Å². The molecule has 0 aliphatic heterocycles. The van der Waals surface area contributed by atoms with Gasteiger partial charge in [0, 0.05) is 11.3 Å². The van der Waals surface area contributed by atoms with Crippen molar-refractivity contribution in [3.63, 3.8) is 0 Å². The Hall–Kier alpha value is -1.83. The van der Waals surface area contributed by atoms with Gasteiger partial charge < -0.3 is 5.73 Å². The second-order valence-electron chi connectivity index (χ2n) is 4.98. The number of hydrogen-bond donors (Lipinski definition) is 1. The van der Waals surface area contributed by atoms with E-state index < -0.39 is 0 Å². The smallest absolute Gasteiger partial charge is 0.125 e. The van der Waals surface area contributed by atoms with E-state index in [9.17, 15) is 4.39 Å². The van der Waals surface area contributed by atoms with E-state index in [0.717, 1.165) is 17.0 Å². The summed E-state index contributed by atoms with van der Waals surface area (Å²) in [4.78, 5) is 0. The van der Waals surface area contributed by atoms with E-state index in [4.69, 9.17) is 5.73 Å². The molecule has 1 aliphatic carbocycles. The third-order valence-electron chi connectivity index (χ3n) is 3.81. The minimum atomic E-state index is -0.290. The maximum Gasteiger partial charge on any atom is 0.125 e. The summed E-state index contributed by atoms with van der Waals surface area (Å²) in [5.41, 5.74) is 9.70. The molecule has 0 unspecified atom stereocenters. The van der Waals surface area contributed by atoms with Crippen LogP contribution in [0.2, 0.25) is 0 Å². The highest BCUT2D eigenvalue weighted by Gasteiger charge is 2.19. The normalized spacial score (nSPS) is 15.4. The molecule has 0 heterocycles. The molecule has 1 fully saturated rings. The third kappa shape index (κ3) is 1.99. The summed E-state index contributed by atoms with van der Waals surface area (Å²) in [5.74, 6) is 0.451. The van der Waals surface area contributed by atoms with Crippen molar-refractivity contribution in [1.29, 1.82) is 0 Å². The zero-order valence-electron chi connectivity index (χ0n) is 10.2. The fourth-order valence-electron chi connectivity index (χ4n) is 2.47. The van der Waals surface area contributed by atoms with Crippen molar-refractivity contribution in [1.82, 2.24) is 0 Å². The Kier molecular flexibility index (Phi) is 2.78. The predicted molar refractivity (Wildman–Crippen MR) is 72.8 cm³/mol. The van der Waals surface area contributed by atoms with Gasteiger partial charge in [0.2, 0.25) is 0 Å². The Labute approximate surface area is 106 Å². The second-order valence-corrected chi connectivity index (χ2v) is 4.98. The molecule has 92 valence electrons. The molecule has 2 aromatic carbocycles. The van der Waals surface area contributed by atoms with E-state index in [1.807, 2.05) is 0 Å². The topological polar surface area (TPSA) is 26.0 Å². The largest absolute Gasteiger partial charge is 0.398 e. The van der Waals surface area contributed by atoms with E-state index in [1.165, 1.54) is 37.0 Å². The zero-order chi connectivity index (χ0) is 12.5. The van der Waals surface area contributed by atoms with Crippen LogP contribution in [-0.2, 0) is 0 Å². The average molecular weight is 241 g/mol. The monoisotopic (exact) mass is 241 g/mol. The van der Waals surface area contributed by atoms with E-state index in [0.29, 0.717) is 5.69 Å². The first kappa shape index (κ1) is 11.3. The quantitative estimate of drug-likeness (QED) is 0.777. The summed E-state index contributed by atoms with van der Waals surface area (Å²) in [6.45, 7) is 0. The van der Waals surface area contributed by atoms with Crippen LogP contribution in [0.1, 0.15) is 30.7 Å². The van der Waals surface area contributed by atoms with Crippen molar-refractivity contribution < 1.29 is 4.39 Å². The fraction of sp³-hybridized carbons (Fsp3) is 0.250. The fourth-order valence-corrected chi connectivity index (χ4v) is 2.47. The minimum Gasteiger partial charge on any atom is -0.398 e. The number of rotatable bonds is 2. The maximum absolute atomic E-state index is 13.0. The number of anilines is 1. The van der Waals surface area contributed by atoms with Gasteiger partial charge in [-0.05, 0) is 48.1 Å².